The topological polar surface area (TPSA) is 75.2 Å². The number of rotatable bonds is 4. The van der Waals surface area contributed by atoms with E-state index >= 15 is 0 Å². The first-order valence-electron chi connectivity index (χ1n) is 10.3. The molecule has 0 saturated carbocycles. The molecule has 5 rings (SSSR count). The van der Waals surface area contributed by atoms with E-state index in [-0.39, 0.29) is 11.8 Å². The minimum atomic E-state index is -0.286. The van der Waals surface area contributed by atoms with E-state index < -0.39 is 0 Å². The van der Waals surface area contributed by atoms with Crippen LogP contribution in [0.2, 0.25) is 0 Å². The number of nitrogens with one attached hydrogen (secondary N) is 1. The first-order chi connectivity index (χ1) is 15.6. The summed E-state index contributed by atoms with van der Waals surface area (Å²) >= 11 is 1.37. The number of benzene rings is 2. The smallest absolute Gasteiger partial charge is 0.276 e. The average Bonchev–Trinajstić information content (AvgIpc) is 3.46. The van der Waals surface area contributed by atoms with E-state index in [1.807, 2.05) is 53.6 Å². The highest BCUT2D eigenvalue weighted by molar-refractivity contribution is 7.14. The lowest BCUT2D eigenvalue weighted by atomic mass is 10.1. The fraction of sp³-hybridized carbons (Fsp3) is 0.120. The van der Waals surface area contributed by atoms with Gasteiger partial charge in [-0.1, -0.05) is 30.3 Å². The number of thiazole rings is 1. The molecule has 0 aliphatic carbocycles. The molecule has 0 atom stereocenters. The van der Waals surface area contributed by atoms with Gasteiger partial charge in [0.15, 0.2) is 5.13 Å². The van der Waals surface area contributed by atoms with Gasteiger partial charge in [-0.2, -0.15) is 0 Å². The molecule has 0 bridgehead atoms. The van der Waals surface area contributed by atoms with Crippen LogP contribution in [0.5, 0.6) is 0 Å². The van der Waals surface area contributed by atoms with Crippen LogP contribution in [0.1, 0.15) is 32.0 Å². The summed E-state index contributed by atoms with van der Waals surface area (Å²) in [5, 5.41) is 5.24. The predicted octanol–water partition coefficient (Wildman–Crippen LogP) is 4.97. The molecule has 2 amide bonds. The van der Waals surface area contributed by atoms with Gasteiger partial charge in [0.1, 0.15) is 5.69 Å². The van der Waals surface area contributed by atoms with Gasteiger partial charge in [0.05, 0.1) is 5.69 Å². The molecule has 1 N–H and O–H groups in total. The number of nitrogens with zero attached hydrogens (tertiary/aromatic N) is 3. The van der Waals surface area contributed by atoms with Crippen LogP contribution in [-0.4, -0.2) is 28.3 Å². The number of pyridine rings is 1. The third kappa shape index (κ3) is 3.78. The summed E-state index contributed by atoms with van der Waals surface area (Å²) in [6.07, 6.45) is 2.38. The van der Waals surface area contributed by atoms with Gasteiger partial charge in [0.2, 0.25) is 0 Å². The van der Waals surface area contributed by atoms with Crippen molar-refractivity contribution in [3.63, 3.8) is 0 Å². The molecular weight excluding hydrogens is 420 g/mol. The summed E-state index contributed by atoms with van der Waals surface area (Å²) in [6.45, 7) is 2.62. The lowest BCUT2D eigenvalue weighted by Crippen LogP contribution is -2.29. The fourth-order valence-electron chi connectivity index (χ4n) is 3.85. The van der Waals surface area contributed by atoms with Crippen molar-refractivity contribution < 1.29 is 9.59 Å². The van der Waals surface area contributed by atoms with Crippen molar-refractivity contribution in [1.82, 2.24) is 9.97 Å². The second-order valence-electron chi connectivity index (χ2n) is 7.57. The number of carbonyl (C=O) groups is 2. The Labute approximate surface area is 189 Å². The Kier molecular flexibility index (Phi) is 5.25. The Hall–Kier alpha value is -3.84. The summed E-state index contributed by atoms with van der Waals surface area (Å²) in [4.78, 5) is 35.9. The van der Waals surface area contributed by atoms with E-state index in [9.17, 15) is 9.59 Å². The molecule has 2 aromatic heterocycles. The molecule has 1 aliphatic heterocycles. The molecule has 6 nitrogen and oxygen atoms in total. The van der Waals surface area contributed by atoms with E-state index in [1.54, 1.807) is 24.4 Å². The van der Waals surface area contributed by atoms with Crippen LogP contribution in [0.25, 0.3) is 11.3 Å². The zero-order valence-electron chi connectivity index (χ0n) is 17.4. The average molecular weight is 441 g/mol. The third-order valence-electron chi connectivity index (χ3n) is 5.51. The number of hydrogen-bond acceptors (Lipinski definition) is 5. The Balaban J connectivity index is 1.35. The zero-order chi connectivity index (χ0) is 22.1. The Morgan fingerprint density at radius 1 is 1.06 bits per heavy atom. The van der Waals surface area contributed by atoms with Crippen LogP contribution >= 0.6 is 11.3 Å². The molecule has 4 aromatic rings. The van der Waals surface area contributed by atoms with Gasteiger partial charge in [0, 0.05) is 34.9 Å². The number of aryl methyl sites for hydroxylation is 1. The molecule has 7 heteroatoms. The van der Waals surface area contributed by atoms with Crippen LogP contribution in [0.3, 0.4) is 0 Å². The number of fused-ring (bicyclic) bond motifs is 1. The highest BCUT2D eigenvalue weighted by atomic mass is 32.1. The first-order valence-corrected chi connectivity index (χ1v) is 11.2. The van der Waals surface area contributed by atoms with Crippen molar-refractivity contribution in [1.29, 1.82) is 0 Å². The number of aromatic nitrogens is 2. The highest BCUT2D eigenvalue weighted by Gasteiger charge is 2.26. The molecular formula is C25H20N4O2S. The molecule has 158 valence electrons. The summed E-state index contributed by atoms with van der Waals surface area (Å²) in [7, 11) is 0. The molecule has 32 heavy (non-hydrogen) atoms. The fourth-order valence-corrected chi connectivity index (χ4v) is 4.57. The minimum absolute atomic E-state index is 0.0304. The highest BCUT2D eigenvalue weighted by Crippen LogP contribution is 2.34. The Bertz CT molecular complexity index is 1320. The van der Waals surface area contributed by atoms with Crippen molar-refractivity contribution in [3.8, 4) is 11.3 Å². The molecule has 1 aliphatic rings. The largest absolute Gasteiger partial charge is 0.308 e. The molecule has 0 fully saturated rings. The predicted molar refractivity (Wildman–Crippen MR) is 126 cm³/mol. The van der Waals surface area contributed by atoms with E-state index in [0.29, 0.717) is 17.4 Å². The minimum Gasteiger partial charge on any atom is -0.308 e. The van der Waals surface area contributed by atoms with E-state index in [1.165, 1.54) is 11.3 Å². The van der Waals surface area contributed by atoms with Crippen molar-refractivity contribution in [2.24, 2.45) is 0 Å². The maximum absolute atomic E-state index is 13.1. The number of hydrogen-bond donors (Lipinski definition) is 1. The van der Waals surface area contributed by atoms with Gasteiger partial charge in [-0.05, 0) is 54.8 Å². The summed E-state index contributed by atoms with van der Waals surface area (Å²) in [5.74, 6) is -0.256. The van der Waals surface area contributed by atoms with Crippen molar-refractivity contribution in [2.45, 2.75) is 13.3 Å². The van der Waals surface area contributed by atoms with Crippen LogP contribution in [0.4, 0.5) is 10.8 Å². The monoisotopic (exact) mass is 440 g/mol. The van der Waals surface area contributed by atoms with Gasteiger partial charge in [-0.3, -0.25) is 19.9 Å². The third-order valence-corrected chi connectivity index (χ3v) is 6.27. The van der Waals surface area contributed by atoms with Crippen LogP contribution in [0, 0.1) is 6.92 Å². The SMILES string of the molecule is Cc1ccccc1C(=O)N1CCc2cc(-c3csc(NC(=O)c4ccccn4)n3)ccc21. The summed E-state index contributed by atoms with van der Waals surface area (Å²) in [6, 6.07) is 18.9. The lowest BCUT2D eigenvalue weighted by molar-refractivity contribution is 0.0987. The maximum atomic E-state index is 13.1. The second kappa shape index (κ2) is 8.36. The summed E-state index contributed by atoms with van der Waals surface area (Å²) < 4.78 is 0. The van der Waals surface area contributed by atoms with E-state index in [4.69, 9.17) is 0 Å². The maximum Gasteiger partial charge on any atom is 0.276 e. The molecule has 0 radical (unpaired) electrons. The van der Waals surface area contributed by atoms with Gasteiger partial charge < -0.3 is 4.90 Å². The zero-order valence-corrected chi connectivity index (χ0v) is 18.2. The van der Waals surface area contributed by atoms with Crippen molar-refractivity contribution in [3.05, 3.63) is 94.6 Å². The van der Waals surface area contributed by atoms with Gasteiger partial charge in [-0.25, -0.2) is 4.98 Å². The number of carbonyl (C=O) groups excluding carboxylic acids is 2. The Morgan fingerprint density at radius 3 is 2.72 bits per heavy atom. The normalized spacial score (nSPS) is 12.5. The summed E-state index contributed by atoms with van der Waals surface area (Å²) in [5.41, 5.74) is 5.88. The molecule has 0 saturated heterocycles. The van der Waals surface area contributed by atoms with E-state index in [0.717, 1.165) is 40.1 Å². The van der Waals surface area contributed by atoms with Crippen molar-refractivity contribution in [2.75, 3.05) is 16.8 Å². The molecule has 0 spiro atoms. The number of amides is 2. The van der Waals surface area contributed by atoms with Gasteiger partial charge in [-0.15, -0.1) is 11.3 Å². The lowest BCUT2D eigenvalue weighted by Gasteiger charge is -2.18. The van der Waals surface area contributed by atoms with Crippen molar-refractivity contribution >= 4 is 34.0 Å². The van der Waals surface area contributed by atoms with Crippen LogP contribution in [0.15, 0.2) is 72.2 Å². The molecule has 0 unspecified atom stereocenters. The van der Waals surface area contributed by atoms with E-state index in [2.05, 4.69) is 21.4 Å². The molecule has 3 heterocycles. The van der Waals surface area contributed by atoms with Gasteiger partial charge in [0.25, 0.3) is 11.8 Å². The standard InChI is InChI=1S/C25H20N4O2S/c1-16-6-2-3-7-19(16)24(31)29-13-11-18-14-17(9-10-22(18)29)21-15-32-25(27-21)28-23(30)20-8-4-5-12-26-20/h2-10,12,14-15H,11,13H2,1H3,(H,27,28,30). The quantitative estimate of drug-likeness (QED) is 0.486. The van der Waals surface area contributed by atoms with Crippen LogP contribution in [-0.2, 0) is 6.42 Å². The first kappa shape index (κ1) is 20.1. The van der Waals surface area contributed by atoms with Gasteiger partial charge >= 0.3 is 0 Å². The number of anilines is 2. The molecule has 2 aromatic carbocycles. The van der Waals surface area contributed by atoms with Crippen LogP contribution < -0.4 is 10.2 Å². The Morgan fingerprint density at radius 2 is 1.91 bits per heavy atom. The second-order valence-corrected chi connectivity index (χ2v) is 8.43.